The van der Waals surface area contributed by atoms with Gasteiger partial charge in [0, 0.05) is 23.3 Å². The van der Waals surface area contributed by atoms with Gasteiger partial charge in [0.05, 0.1) is 6.54 Å². The molecule has 2 aromatic carbocycles. The molecule has 0 atom stereocenters. The third kappa shape index (κ3) is 3.43. The number of hydrogen-bond donors (Lipinski definition) is 1. The van der Waals surface area contributed by atoms with Crippen LogP contribution in [0.25, 0.3) is 10.8 Å². The number of ether oxygens (including phenoxy) is 1. The molecule has 0 radical (unpaired) electrons. The first-order valence-electron chi connectivity index (χ1n) is 8.16. The molecule has 1 heterocycles. The zero-order chi connectivity index (χ0) is 17.1. The van der Waals surface area contributed by atoms with Crippen LogP contribution in [0.4, 0.5) is 5.69 Å². The third-order valence-electron chi connectivity index (χ3n) is 4.13. The summed E-state index contributed by atoms with van der Waals surface area (Å²) in [5.41, 5.74) is 7.64. The molecule has 0 aliphatic rings. The Kier molecular flexibility index (Phi) is 4.56. The Bertz CT molecular complexity index is 913. The Morgan fingerprint density at radius 3 is 2.71 bits per heavy atom. The van der Waals surface area contributed by atoms with E-state index >= 15 is 0 Å². The summed E-state index contributed by atoms with van der Waals surface area (Å²) in [6.07, 6.45) is 1.83. The van der Waals surface area contributed by atoms with E-state index < -0.39 is 0 Å². The number of pyridine rings is 1. The molecule has 0 aliphatic heterocycles. The van der Waals surface area contributed by atoms with E-state index in [1.54, 1.807) is 10.6 Å². The molecule has 0 saturated carbocycles. The molecular weight excluding hydrogens is 300 g/mol. The van der Waals surface area contributed by atoms with Crippen LogP contribution in [-0.2, 0) is 6.54 Å². The smallest absolute Gasteiger partial charge is 0.258 e. The summed E-state index contributed by atoms with van der Waals surface area (Å²) in [4.78, 5) is 12.6. The molecule has 1 aromatic heterocycles. The molecular formula is C20H22N2O2. The fourth-order valence-electron chi connectivity index (χ4n) is 2.71. The van der Waals surface area contributed by atoms with Gasteiger partial charge in [-0.15, -0.1) is 0 Å². The Hall–Kier alpha value is -2.75. The first-order valence-corrected chi connectivity index (χ1v) is 8.16. The standard InChI is InChI=1S/C20H22N2O2/c1-14(2)15-6-7-19-16(12-15)8-9-22(20(19)23)10-11-24-18-5-3-4-17(21)13-18/h3-9,12-14H,10-11,21H2,1-2H3. The van der Waals surface area contributed by atoms with Gasteiger partial charge in [-0.3, -0.25) is 4.79 Å². The largest absolute Gasteiger partial charge is 0.492 e. The van der Waals surface area contributed by atoms with Crippen LogP contribution in [0, 0.1) is 0 Å². The van der Waals surface area contributed by atoms with Crippen molar-refractivity contribution in [1.82, 2.24) is 4.57 Å². The Morgan fingerprint density at radius 2 is 1.96 bits per heavy atom. The number of hydrogen-bond acceptors (Lipinski definition) is 3. The highest BCUT2D eigenvalue weighted by Gasteiger charge is 2.06. The van der Waals surface area contributed by atoms with E-state index in [4.69, 9.17) is 10.5 Å². The molecule has 0 spiro atoms. The Labute approximate surface area is 141 Å². The predicted octanol–water partition coefficient (Wildman–Crippen LogP) is 3.79. The number of fused-ring (bicyclic) bond motifs is 1. The Balaban J connectivity index is 1.76. The summed E-state index contributed by atoms with van der Waals surface area (Å²) < 4.78 is 7.35. The van der Waals surface area contributed by atoms with Gasteiger partial charge in [0.25, 0.3) is 5.56 Å². The molecule has 2 N–H and O–H groups in total. The topological polar surface area (TPSA) is 57.2 Å². The molecule has 24 heavy (non-hydrogen) atoms. The second kappa shape index (κ2) is 6.79. The van der Waals surface area contributed by atoms with Gasteiger partial charge in [-0.05, 0) is 41.1 Å². The lowest BCUT2D eigenvalue weighted by Gasteiger charge is -2.11. The van der Waals surface area contributed by atoms with Crippen molar-refractivity contribution in [2.45, 2.75) is 26.3 Å². The molecule has 0 bridgehead atoms. The summed E-state index contributed by atoms with van der Waals surface area (Å²) in [7, 11) is 0. The number of benzene rings is 2. The summed E-state index contributed by atoms with van der Waals surface area (Å²) in [5, 5.41) is 1.73. The van der Waals surface area contributed by atoms with Gasteiger partial charge < -0.3 is 15.0 Å². The van der Waals surface area contributed by atoms with Crippen LogP contribution in [0.1, 0.15) is 25.3 Å². The lowest BCUT2D eigenvalue weighted by molar-refractivity contribution is 0.297. The van der Waals surface area contributed by atoms with Crippen molar-refractivity contribution < 1.29 is 4.74 Å². The van der Waals surface area contributed by atoms with Gasteiger partial charge in [0.2, 0.25) is 0 Å². The van der Waals surface area contributed by atoms with Crippen LogP contribution in [0.2, 0.25) is 0 Å². The van der Waals surface area contributed by atoms with Gasteiger partial charge in [-0.25, -0.2) is 0 Å². The lowest BCUT2D eigenvalue weighted by atomic mass is 10.0. The molecule has 0 amide bonds. The fourth-order valence-corrected chi connectivity index (χ4v) is 2.71. The van der Waals surface area contributed by atoms with Gasteiger partial charge in [-0.1, -0.05) is 32.0 Å². The summed E-state index contributed by atoms with van der Waals surface area (Å²) >= 11 is 0. The average molecular weight is 322 g/mol. The number of rotatable bonds is 5. The van der Waals surface area contributed by atoms with E-state index in [0.29, 0.717) is 30.5 Å². The maximum atomic E-state index is 12.6. The minimum atomic E-state index is 0.0129. The Morgan fingerprint density at radius 1 is 1.12 bits per heavy atom. The molecule has 4 nitrogen and oxygen atoms in total. The number of nitrogen functional groups attached to an aromatic ring is 1. The van der Waals surface area contributed by atoms with E-state index in [1.807, 2.05) is 42.6 Å². The molecule has 3 rings (SSSR count). The molecule has 0 aliphatic carbocycles. The van der Waals surface area contributed by atoms with Crippen LogP contribution in [0.15, 0.2) is 59.5 Å². The monoisotopic (exact) mass is 322 g/mol. The van der Waals surface area contributed by atoms with Crippen molar-refractivity contribution in [3.05, 3.63) is 70.6 Å². The van der Waals surface area contributed by atoms with E-state index in [9.17, 15) is 4.79 Å². The van der Waals surface area contributed by atoms with Crippen molar-refractivity contribution in [3.63, 3.8) is 0 Å². The van der Waals surface area contributed by atoms with Crippen molar-refractivity contribution in [1.29, 1.82) is 0 Å². The maximum absolute atomic E-state index is 12.6. The van der Waals surface area contributed by atoms with Crippen LogP contribution in [0.5, 0.6) is 5.75 Å². The van der Waals surface area contributed by atoms with Crippen LogP contribution in [-0.4, -0.2) is 11.2 Å². The van der Waals surface area contributed by atoms with Gasteiger partial charge >= 0.3 is 0 Å². The fraction of sp³-hybridized carbons (Fsp3) is 0.250. The van der Waals surface area contributed by atoms with Crippen LogP contribution < -0.4 is 16.0 Å². The van der Waals surface area contributed by atoms with Crippen molar-refractivity contribution in [2.75, 3.05) is 12.3 Å². The van der Waals surface area contributed by atoms with Crippen LogP contribution >= 0.6 is 0 Å². The molecule has 4 heteroatoms. The average Bonchev–Trinajstić information content (AvgIpc) is 2.56. The molecule has 0 saturated heterocycles. The molecule has 0 fully saturated rings. The number of nitrogens with two attached hydrogens (primary N) is 1. The third-order valence-corrected chi connectivity index (χ3v) is 4.13. The van der Waals surface area contributed by atoms with Crippen LogP contribution in [0.3, 0.4) is 0 Å². The molecule has 124 valence electrons. The summed E-state index contributed by atoms with van der Waals surface area (Å²) in [5.74, 6) is 1.16. The van der Waals surface area contributed by atoms with E-state index in [-0.39, 0.29) is 5.56 Å². The highest BCUT2D eigenvalue weighted by molar-refractivity contribution is 5.82. The zero-order valence-electron chi connectivity index (χ0n) is 14.0. The predicted molar refractivity (Wildman–Crippen MR) is 98.6 cm³/mol. The molecule has 3 aromatic rings. The van der Waals surface area contributed by atoms with Gasteiger partial charge in [-0.2, -0.15) is 0 Å². The van der Waals surface area contributed by atoms with Gasteiger partial charge in [0.15, 0.2) is 0 Å². The molecule has 0 unspecified atom stereocenters. The second-order valence-corrected chi connectivity index (χ2v) is 6.24. The van der Waals surface area contributed by atoms with Crippen molar-refractivity contribution in [3.8, 4) is 5.75 Å². The lowest BCUT2D eigenvalue weighted by Crippen LogP contribution is -2.22. The highest BCUT2D eigenvalue weighted by atomic mass is 16.5. The van der Waals surface area contributed by atoms with E-state index in [2.05, 4.69) is 19.9 Å². The maximum Gasteiger partial charge on any atom is 0.258 e. The minimum Gasteiger partial charge on any atom is -0.492 e. The normalized spacial score (nSPS) is 11.1. The number of anilines is 1. The number of nitrogens with zero attached hydrogens (tertiary/aromatic N) is 1. The SMILES string of the molecule is CC(C)c1ccc2c(=O)n(CCOc3cccc(N)c3)ccc2c1. The first-order chi connectivity index (χ1) is 11.5. The van der Waals surface area contributed by atoms with Crippen molar-refractivity contribution >= 4 is 16.5 Å². The number of aromatic nitrogens is 1. The quantitative estimate of drug-likeness (QED) is 0.727. The summed E-state index contributed by atoms with van der Waals surface area (Å²) in [6.45, 7) is 5.21. The van der Waals surface area contributed by atoms with Gasteiger partial charge in [0.1, 0.15) is 12.4 Å². The minimum absolute atomic E-state index is 0.0129. The first kappa shape index (κ1) is 16.1. The zero-order valence-corrected chi connectivity index (χ0v) is 14.0. The van der Waals surface area contributed by atoms with E-state index in [0.717, 1.165) is 10.8 Å². The van der Waals surface area contributed by atoms with E-state index in [1.165, 1.54) is 5.56 Å². The van der Waals surface area contributed by atoms with Crippen molar-refractivity contribution in [2.24, 2.45) is 0 Å². The second-order valence-electron chi connectivity index (χ2n) is 6.24. The summed E-state index contributed by atoms with van der Waals surface area (Å²) in [6, 6.07) is 15.3. The highest BCUT2D eigenvalue weighted by Crippen LogP contribution is 2.19.